The number of aromatic carboxylic acids is 1. The second kappa shape index (κ2) is 5.34. The molecule has 0 spiro atoms. The molecule has 0 bridgehead atoms. The summed E-state index contributed by atoms with van der Waals surface area (Å²) in [5.74, 6) is -0.968. The summed E-state index contributed by atoms with van der Waals surface area (Å²) >= 11 is 1.12. The molecular weight excluding hydrogens is 300 g/mol. The predicted molar refractivity (Wildman–Crippen MR) is 83.6 cm³/mol. The zero-order valence-electron chi connectivity index (χ0n) is 12.4. The Hall–Kier alpha value is -2.54. The van der Waals surface area contributed by atoms with Gasteiger partial charge in [0.15, 0.2) is 0 Å². The first-order valence-electron chi connectivity index (χ1n) is 6.68. The number of aryl methyl sites for hydroxylation is 2. The minimum absolute atomic E-state index is 0.235. The Morgan fingerprint density at radius 1 is 1.18 bits per heavy atom. The molecule has 7 heteroatoms. The van der Waals surface area contributed by atoms with Crippen LogP contribution in [0.3, 0.4) is 0 Å². The lowest BCUT2D eigenvalue weighted by atomic mass is 10.2. The molecule has 0 fully saturated rings. The van der Waals surface area contributed by atoms with Gasteiger partial charge in [-0.25, -0.2) is 14.5 Å². The van der Waals surface area contributed by atoms with Gasteiger partial charge in [-0.15, -0.1) is 16.4 Å². The van der Waals surface area contributed by atoms with Gasteiger partial charge in [0.25, 0.3) is 0 Å². The van der Waals surface area contributed by atoms with E-state index in [2.05, 4.69) is 15.3 Å². The van der Waals surface area contributed by atoms with E-state index in [1.54, 1.807) is 11.6 Å². The summed E-state index contributed by atoms with van der Waals surface area (Å²) in [5.41, 5.74) is 4.02. The van der Waals surface area contributed by atoms with E-state index < -0.39 is 5.97 Å². The lowest BCUT2D eigenvalue weighted by molar-refractivity contribution is 0.0701. The van der Waals surface area contributed by atoms with Crippen LogP contribution in [0.4, 0.5) is 0 Å². The van der Waals surface area contributed by atoms with Gasteiger partial charge >= 0.3 is 5.97 Å². The van der Waals surface area contributed by atoms with E-state index >= 15 is 0 Å². The fourth-order valence-corrected chi connectivity index (χ4v) is 3.10. The average Bonchev–Trinajstić information content (AvgIpc) is 3.03. The highest BCUT2D eigenvalue weighted by atomic mass is 32.1. The van der Waals surface area contributed by atoms with Crippen LogP contribution in [0.2, 0.25) is 0 Å². The highest BCUT2D eigenvalue weighted by Gasteiger charge is 2.20. The SMILES string of the molecule is Cc1ccc(-n2nnc(-c3nc(C)c(C(=O)O)s3)c2C)cc1. The molecule has 1 aromatic carbocycles. The van der Waals surface area contributed by atoms with Crippen LogP contribution in [0, 0.1) is 20.8 Å². The summed E-state index contributed by atoms with van der Waals surface area (Å²) in [6, 6.07) is 7.95. The molecule has 0 aliphatic heterocycles. The number of carboxylic acid groups (broad SMARTS) is 1. The Labute approximate surface area is 131 Å². The van der Waals surface area contributed by atoms with Crippen molar-refractivity contribution in [3.63, 3.8) is 0 Å². The molecule has 6 nitrogen and oxygen atoms in total. The van der Waals surface area contributed by atoms with Gasteiger partial charge in [0.1, 0.15) is 15.6 Å². The zero-order valence-corrected chi connectivity index (χ0v) is 13.2. The monoisotopic (exact) mass is 314 g/mol. The van der Waals surface area contributed by atoms with E-state index in [1.807, 2.05) is 38.1 Å². The van der Waals surface area contributed by atoms with Crippen molar-refractivity contribution in [1.82, 2.24) is 20.0 Å². The van der Waals surface area contributed by atoms with Crippen LogP contribution in [0.25, 0.3) is 16.4 Å². The molecule has 112 valence electrons. The number of hydrogen-bond acceptors (Lipinski definition) is 5. The first kappa shape index (κ1) is 14.4. The molecule has 0 aliphatic carbocycles. The van der Waals surface area contributed by atoms with E-state index in [4.69, 9.17) is 5.11 Å². The first-order chi connectivity index (χ1) is 10.5. The molecule has 3 rings (SSSR count). The molecule has 2 heterocycles. The van der Waals surface area contributed by atoms with Crippen LogP contribution in [-0.4, -0.2) is 31.1 Å². The topological polar surface area (TPSA) is 80.9 Å². The molecule has 0 atom stereocenters. The van der Waals surface area contributed by atoms with Gasteiger partial charge in [0.2, 0.25) is 0 Å². The summed E-state index contributed by atoms with van der Waals surface area (Å²) < 4.78 is 1.73. The third-order valence-electron chi connectivity index (χ3n) is 3.37. The Balaban J connectivity index is 2.05. The Kier molecular flexibility index (Phi) is 3.50. The summed E-state index contributed by atoms with van der Waals surface area (Å²) in [4.78, 5) is 15.7. The normalized spacial score (nSPS) is 10.9. The van der Waals surface area contributed by atoms with Gasteiger partial charge < -0.3 is 5.11 Å². The summed E-state index contributed by atoms with van der Waals surface area (Å²) in [6.07, 6.45) is 0. The summed E-state index contributed by atoms with van der Waals surface area (Å²) in [6.45, 7) is 5.60. The maximum Gasteiger partial charge on any atom is 0.347 e. The number of aromatic nitrogens is 4. The summed E-state index contributed by atoms with van der Waals surface area (Å²) in [7, 11) is 0. The molecule has 3 aromatic rings. The molecular formula is C15H14N4O2S. The second-order valence-electron chi connectivity index (χ2n) is 5.01. The number of carboxylic acids is 1. The van der Waals surface area contributed by atoms with Gasteiger partial charge in [-0.1, -0.05) is 22.9 Å². The van der Waals surface area contributed by atoms with Crippen molar-refractivity contribution in [1.29, 1.82) is 0 Å². The van der Waals surface area contributed by atoms with Crippen molar-refractivity contribution >= 4 is 17.3 Å². The van der Waals surface area contributed by atoms with E-state index in [9.17, 15) is 4.79 Å². The van der Waals surface area contributed by atoms with Gasteiger partial charge in [-0.05, 0) is 32.9 Å². The van der Waals surface area contributed by atoms with Crippen molar-refractivity contribution in [2.45, 2.75) is 20.8 Å². The number of rotatable bonds is 3. The highest BCUT2D eigenvalue weighted by molar-refractivity contribution is 7.17. The quantitative estimate of drug-likeness (QED) is 0.803. The maximum absolute atomic E-state index is 11.1. The van der Waals surface area contributed by atoms with Crippen molar-refractivity contribution in [3.05, 3.63) is 46.1 Å². The Bertz CT molecular complexity index is 849. The number of benzene rings is 1. The third-order valence-corrected chi connectivity index (χ3v) is 4.52. The maximum atomic E-state index is 11.1. The van der Waals surface area contributed by atoms with E-state index in [1.165, 1.54) is 5.56 Å². The predicted octanol–water partition coefficient (Wildman–Crippen LogP) is 3.01. The summed E-state index contributed by atoms with van der Waals surface area (Å²) in [5, 5.41) is 18.0. The zero-order chi connectivity index (χ0) is 15.9. The molecule has 0 saturated carbocycles. The largest absolute Gasteiger partial charge is 0.477 e. The third kappa shape index (κ3) is 2.39. The van der Waals surface area contributed by atoms with E-state index in [0.29, 0.717) is 16.4 Å². The van der Waals surface area contributed by atoms with Crippen molar-refractivity contribution < 1.29 is 9.90 Å². The molecule has 2 aromatic heterocycles. The molecule has 0 unspecified atom stereocenters. The molecule has 0 aliphatic rings. The minimum atomic E-state index is -0.968. The van der Waals surface area contributed by atoms with Crippen molar-refractivity contribution in [3.8, 4) is 16.4 Å². The van der Waals surface area contributed by atoms with Gasteiger partial charge in [0, 0.05) is 0 Å². The first-order valence-corrected chi connectivity index (χ1v) is 7.49. The number of thiazole rings is 1. The molecule has 0 amide bonds. The fourth-order valence-electron chi connectivity index (χ4n) is 2.15. The van der Waals surface area contributed by atoms with Crippen molar-refractivity contribution in [2.75, 3.05) is 0 Å². The van der Waals surface area contributed by atoms with Crippen LogP contribution in [0.15, 0.2) is 24.3 Å². The van der Waals surface area contributed by atoms with Crippen LogP contribution >= 0.6 is 11.3 Å². The van der Waals surface area contributed by atoms with Gasteiger partial charge in [-0.2, -0.15) is 0 Å². The second-order valence-corrected chi connectivity index (χ2v) is 6.01. The molecule has 22 heavy (non-hydrogen) atoms. The van der Waals surface area contributed by atoms with E-state index in [0.717, 1.165) is 22.7 Å². The smallest absolute Gasteiger partial charge is 0.347 e. The van der Waals surface area contributed by atoms with Crippen LogP contribution < -0.4 is 0 Å². The lowest BCUT2D eigenvalue weighted by Gasteiger charge is -2.03. The number of hydrogen-bond donors (Lipinski definition) is 1. The molecule has 0 radical (unpaired) electrons. The van der Waals surface area contributed by atoms with Gasteiger partial charge in [0.05, 0.1) is 17.1 Å². The van der Waals surface area contributed by atoms with Gasteiger partial charge in [-0.3, -0.25) is 0 Å². The Morgan fingerprint density at radius 3 is 2.45 bits per heavy atom. The standard InChI is InChI=1S/C15H14N4O2S/c1-8-4-6-11(7-5-8)19-10(3)12(17-18-19)14-16-9(2)13(22-14)15(20)21/h4-7H,1-3H3,(H,20,21). The van der Waals surface area contributed by atoms with Crippen LogP contribution in [-0.2, 0) is 0 Å². The number of nitrogens with zero attached hydrogens (tertiary/aromatic N) is 4. The minimum Gasteiger partial charge on any atom is -0.477 e. The molecule has 1 N–H and O–H groups in total. The van der Waals surface area contributed by atoms with Crippen LogP contribution in [0.1, 0.15) is 26.6 Å². The Morgan fingerprint density at radius 2 is 1.86 bits per heavy atom. The number of carbonyl (C=O) groups is 1. The van der Waals surface area contributed by atoms with Crippen LogP contribution in [0.5, 0.6) is 0 Å². The average molecular weight is 314 g/mol. The fraction of sp³-hybridized carbons (Fsp3) is 0.200. The van der Waals surface area contributed by atoms with Crippen molar-refractivity contribution in [2.24, 2.45) is 0 Å². The lowest BCUT2D eigenvalue weighted by Crippen LogP contribution is -1.98. The molecule has 0 saturated heterocycles. The highest BCUT2D eigenvalue weighted by Crippen LogP contribution is 2.29. The van der Waals surface area contributed by atoms with E-state index in [-0.39, 0.29) is 4.88 Å².